The van der Waals surface area contributed by atoms with Gasteiger partial charge in [-0.3, -0.25) is 0 Å². The molecule has 1 aliphatic rings. The third-order valence-corrected chi connectivity index (χ3v) is 4.19. The normalized spacial score (nSPS) is 22.0. The van der Waals surface area contributed by atoms with Crippen LogP contribution in [-0.2, 0) is 12.8 Å². The molecule has 0 spiro atoms. The molecule has 0 amide bonds. The monoisotopic (exact) mass is 260 g/mol. The van der Waals surface area contributed by atoms with Crippen molar-refractivity contribution in [1.82, 2.24) is 9.88 Å². The molecule has 72 valence electrons. The van der Waals surface area contributed by atoms with Crippen LogP contribution in [0.3, 0.4) is 0 Å². The van der Waals surface area contributed by atoms with Crippen LogP contribution >= 0.6 is 27.3 Å². The Labute approximate surface area is 91.1 Å². The van der Waals surface area contributed by atoms with Gasteiger partial charge in [-0.2, -0.15) is 0 Å². The molecule has 1 heterocycles. The second kappa shape index (κ2) is 3.67. The van der Waals surface area contributed by atoms with Crippen LogP contribution < -0.4 is 0 Å². The topological polar surface area (TPSA) is 16.1 Å². The van der Waals surface area contributed by atoms with E-state index >= 15 is 0 Å². The van der Waals surface area contributed by atoms with Crippen LogP contribution in [-0.4, -0.2) is 30.0 Å². The lowest BCUT2D eigenvalue weighted by molar-refractivity contribution is 0.269. The van der Waals surface area contributed by atoms with Crippen LogP contribution in [0.1, 0.15) is 17.0 Å². The van der Waals surface area contributed by atoms with E-state index in [4.69, 9.17) is 0 Å². The van der Waals surface area contributed by atoms with E-state index in [1.807, 2.05) is 0 Å². The Bertz CT molecular complexity index is 309. The molecule has 0 saturated heterocycles. The summed E-state index contributed by atoms with van der Waals surface area (Å²) >= 11 is 5.23. The molecular formula is C9H13BrN2S. The van der Waals surface area contributed by atoms with Gasteiger partial charge in [-0.05, 0) is 49.3 Å². The third-order valence-electron chi connectivity index (χ3n) is 2.62. The molecule has 4 heteroatoms. The molecule has 0 bridgehead atoms. The highest BCUT2D eigenvalue weighted by Gasteiger charge is 2.22. The molecule has 1 unspecified atom stereocenters. The average Bonchev–Trinajstić information content (AvgIpc) is 2.42. The molecule has 13 heavy (non-hydrogen) atoms. The molecule has 1 aromatic heterocycles. The van der Waals surface area contributed by atoms with Crippen LogP contribution in [0.25, 0.3) is 0 Å². The van der Waals surface area contributed by atoms with Crippen LogP contribution in [0, 0.1) is 0 Å². The fourth-order valence-corrected chi connectivity index (χ4v) is 3.47. The zero-order valence-corrected chi connectivity index (χ0v) is 10.3. The number of aryl methyl sites for hydroxylation is 1. The van der Waals surface area contributed by atoms with Crippen LogP contribution in [0.15, 0.2) is 3.92 Å². The van der Waals surface area contributed by atoms with Crippen LogP contribution in [0.2, 0.25) is 0 Å². The first-order valence-electron chi connectivity index (χ1n) is 4.47. The van der Waals surface area contributed by atoms with Crippen LogP contribution in [0.4, 0.5) is 0 Å². The first-order chi connectivity index (χ1) is 6.16. The van der Waals surface area contributed by atoms with E-state index in [9.17, 15) is 0 Å². The van der Waals surface area contributed by atoms with Gasteiger partial charge in [0.2, 0.25) is 0 Å². The van der Waals surface area contributed by atoms with Crippen molar-refractivity contribution in [1.29, 1.82) is 0 Å². The highest BCUT2D eigenvalue weighted by molar-refractivity contribution is 9.11. The first kappa shape index (κ1) is 9.62. The fraction of sp³-hybridized carbons (Fsp3) is 0.667. The summed E-state index contributed by atoms with van der Waals surface area (Å²) in [4.78, 5) is 8.25. The molecule has 0 N–H and O–H groups in total. The third kappa shape index (κ3) is 1.95. The minimum atomic E-state index is 0.708. The minimum absolute atomic E-state index is 0.708. The minimum Gasteiger partial charge on any atom is -0.306 e. The van der Waals surface area contributed by atoms with Crippen molar-refractivity contribution in [3.8, 4) is 0 Å². The summed E-state index contributed by atoms with van der Waals surface area (Å²) in [5, 5.41) is 0. The van der Waals surface area contributed by atoms with E-state index in [1.54, 1.807) is 11.3 Å². The number of likely N-dealkylation sites (N-methyl/N-ethyl adjacent to an activating group) is 1. The Balaban J connectivity index is 2.19. The molecule has 1 atom stereocenters. The number of nitrogens with zero attached hydrogens (tertiary/aromatic N) is 2. The largest absolute Gasteiger partial charge is 0.306 e. The summed E-state index contributed by atoms with van der Waals surface area (Å²) in [6, 6.07) is 0.708. The SMILES string of the molecule is CN(C)C1CCc2nc(Br)sc2C1. The van der Waals surface area contributed by atoms with Crippen LogP contribution in [0.5, 0.6) is 0 Å². The van der Waals surface area contributed by atoms with Crippen molar-refractivity contribution >= 4 is 27.3 Å². The van der Waals surface area contributed by atoms with E-state index in [0.29, 0.717) is 6.04 Å². The standard InChI is InChI=1S/C9H13BrN2S/c1-12(2)6-3-4-7-8(5-6)13-9(10)11-7/h6H,3-5H2,1-2H3. The average molecular weight is 261 g/mol. The number of rotatable bonds is 1. The Hall–Kier alpha value is 0.0700. The van der Waals surface area contributed by atoms with Gasteiger partial charge in [0, 0.05) is 10.9 Å². The first-order valence-corrected chi connectivity index (χ1v) is 6.08. The van der Waals surface area contributed by atoms with E-state index in [-0.39, 0.29) is 0 Å². The molecule has 2 nitrogen and oxygen atoms in total. The molecule has 1 aromatic rings. The van der Waals surface area contributed by atoms with E-state index in [0.717, 1.165) is 10.3 Å². The smallest absolute Gasteiger partial charge is 0.159 e. The van der Waals surface area contributed by atoms with E-state index in [2.05, 4.69) is 39.9 Å². The number of aromatic nitrogens is 1. The van der Waals surface area contributed by atoms with Crippen molar-refractivity contribution < 1.29 is 0 Å². The van der Waals surface area contributed by atoms with Crippen molar-refractivity contribution in [3.63, 3.8) is 0 Å². The molecular weight excluding hydrogens is 248 g/mol. The molecule has 0 radical (unpaired) electrons. The Morgan fingerprint density at radius 3 is 3.00 bits per heavy atom. The summed E-state index contributed by atoms with van der Waals surface area (Å²) in [5.41, 5.74) is 1.31. The summed E-state index contributed by atoms with van der Waals surface area (Å²) in [5.74, 6) is 0. The highest BCUT2D eigenvalue weighted by atomic mass is 79.9. The summed E-state index contributed by atoms with van der Waals surface area (Å²) in [7, 11) is 4.32. The summed E-state index contributed by atoms with van der Waals surface area (Å²) in [6.07, 6.45) is 3.56. The molecule has 1 aliphatic carbocycles. The molecule has 0 aliphatic heterocycles. The lowest BCUT2D eigenvalue weighted by Crippen LogP contribution is -2.32. The lowest BCUT2D eigenvalue weighted by atomic mass is 9.97. The second-order valence-electron chi connectivity index (χ2n) is 3.70. The van der Waals surface area contributed by atoms with E-state index < -0.39 is 0 Å². The lowest BCUT2D eigenvalue weighted by Gasteiger charge is -2.27. The van der Waals surface area contributed by atoms with Gasteiger partial charge in [0.25, 0.3) is 0 Å². The van der Waals surface area contributed by atoms with Crippen molar-refractivity contribution in [3.05, 3.63) is 14.5 Å². The maximum absolute atomic E-state index is 4.46. The predicted molar refractivity (Wildman–Crippen MR) is 59.3 cm³/mol. The maximum Gasteiger partial charge on any atom is 0.159 e. The number of thiazole rings is 1. The van der Waals surface area contributed by atoms with Crippen molar-refractivity contribution in [2.45, 2.75) is 25.3 Å². The van der Waals surface area contributed by atoms with E-state index in [1.165, 1.54) is 23.4 Å². The van der Waals surface area contributed by atoms with Gasteiger partial charge in [0.05, 0.1) is 5.69 Å². The molecule has 0 aromatic carbocycles. The molecule has 2 rings (SSSR count). The number of halogens is 1. The number of hydrogen-bond acceptors (Lipinski definition) is 3. The van der Waals surface area contributed by atoms with Gasteiger partial charge in [0.1, 0.15) is 0 Å². The zero-order valence-electron chi connectivity index (χ0n) is 7.88. The van der Waals surface area contributed by atoms with Crippen molar-refractivity contribution in [2.75, 3.05) is 14.1 Å². The van der Waals surface area contributed by atoms with Gasteiger partial charge < -0.3 is 4.90 Å². The maximum atomic E-state index is 4.46. The fourth-order valence-electron chi connectivity index (χ4n) is 1.77. The quantitative estimate of drug-likeness (QED) is 0.771. The number of fused-ring (bicyclic) bond motifs is 1. The van der Waals surface area contributed by atoms with Gasteiger partial charge in [0.15, 0.2) is 3.92 Å². The Morgan fingerprint density at radius 1 is 1.54 bits per heavy atom. The Kier molecular flexibility index (Phi) is 2.72. The summed E-state index contributed by atoms with van der Waals surface area (Å²) < 4.78 is 1.04. The van der Waals surface area contributed by atoms with Gasteiger partial charge in [-0.25, -0.2) is 4.98 Å². The van der Waals surface area contributed by atoms with Crippen molar-refractivity contribution in [2.24, 2.45) is 0 Å². The predicted octanol–water partition coefficient (Wildman–Crippen LogP) is 2.32. The molecule has 0 fully saturated rings. The number of hydrogen-bond donors (Lipinski definition) is 0. The Morgan fingerprint density at radius 2 is 2.31 bits per heavy atom. The van der Waals surface area contributed by atoms with Gasteiger partial charge in [-0.15, -0.1) is 11.3 Å². The second-order valence-corrected chi connectivity index (χ2v) is 6.06. The molecule has 0 saturated carbocycles. The highest BCUT2D eigenvalue weighted by Crippen LogP contribution is 2.30. The van der Waals surface area contributed by atoms with Gasteiger partial charge in [-0.1, -0.05) is 0 Å². The summed E-state index contributed by atoms with van der Waals surface area (Å²) in [6.45, 7) is 0. The van der Waals surface area contributed by atoms with Gasteiger partial charge >= 0.3 is 0 Å². The zero-order chi connectivity index (χ0) is 9.42.